The molecule has 174 valence electrons. The highest BCUT2D eigenvalue weighted by molar-refractivity contribution is 7.17. The second-order valence-electron chi connectivity index (χ2n) is 7.96. The molecule has 33 heavy (non-hydrogen) atoms. The quantitative estimate of drug-likeness (QED) is 0.284. The number of ether oxygens (including phenoxy) is 2. The van der Waals surface area contributed by atoms with Crippen LogP contribution < -0.4 is 10.1 Å². The van der Waals surface area contributed by atoms with Gasteiger partial charge in [0.25, 0.3) is 0 Å². The van der Waals surface area contributed by atoms with E-state index in [1.807, 2.05) is 31.2 Å². The number of thiophene rings is 1. The van der Waals surface area contributed by atoms with Crippen molar-refractivity contribution in [1.82, 2.24) is 0 Å². The lowest BCUT2D eigenvalue weighted by Gasteiger charge is -2.10. The van der Waals surface area contributed by atoms with Gasteiger partial charge in [-0.15, -0.1) is 11.3 Å². The van der Waals surface area contributed by atoms with Gasteiger partial charge in [-0.05, 0) is 54.7 Å². The van der Waals surface area contributed by atoms with Crippen LogP contribution in [0.1, 0.15) is 53.4 Å². The molecular formula is C26H28FNO4S. The zero-order valence-electron chi connectivity index (χ0n) is 19.2. The van der Waals surface area contributed by atoms with E-state index in [0.717, 1.165) is 10.6 Å². The lowest BCUT2D eigenvalue weighted by Crippen LogP contribution is -2.15. The van der Waals surface area contributed by atoms with E-state index < -0.39 is 5.97 Å². The minimum absolute atomic E-state index is 0.217. The van der Waals surface area contributed by atoms with E-state index in [1.165, 1.54) is 36.1 Å². The van der Waals surface area contributed by atoms with Crippen molar-refractivity contribution < 1.29 is 23.5 Å². The van der Waals surface area contributed by atoms with Crippen molar-refractivity contribution in [2.45, 2.75) is 39.5 Å². The molecule has 1 aromatic heterocycles. The Morgan fingerprint density at radius 1 is 1.06 bits per heavy atom. The Morgan fingerprint density at radius 2 is 1.73 bits per heavy atom. The number of carbonyl (C=O) groups excluding carboxylic acids is 2. The average Bonchev–Trinajstić information content (AvgIpc) is 3.12. The largest absolute Gasteiger partial charge is 0.494 e. The third-order valence-corrected chi connectivity index (χ3v) is 6.24. The van der Waals surface area contributed by atoms with E-state index in [0.29, 0.717) is 35.1 Å². The van der Waals surface area contributed by atoms with Crippen molar-refractivity contribution >= 4 is 28.2 Å². The van der Waals surface area contributed by atoms with Gasteiger partial charge in [-0.3, -0.25) is 4.79 Å². The number of rotatable bonds is 9. The highest BCUT2D eigenvalue weighted by Crippen LogP contribution is 2.40. The Balaban J connectivity index is 1.63. The number of carbonyl (C=O) groups is 2. The predicted octanol–water partition coefficient (Wildman–Crippen LogP) is 6.57. The molecule has 1 heterocycles. The molecule has 0 unspecified atom stereocenters. The minimum atomic E-state index is -0.554. The molecule has 0 aliphatic heterocycles. The van der Waals surface area contributed by atoms with Crippen LogP contribution in [0.15, 0.2) is 48.5 Å². The monoisotopic (exact) mass is 469 g/mol. The van der Waals surface area contributed by atoms with Crippen LogP contribution in [-0.2, 0) is 9.53 Å². The number of aryl methyl sites for hydroxylation is 1. The lowest BCUT2D eigenvalue weighted by atomic mass is 10.0. The molecule has 0 spiro atoms. The number of hydrogen-bond donors (Lipinski definition) is 1. The molecule has 0 aliphatic carbocycles. The molecule has 3 rings (SSSR count). The fourth-order valence-electron chi connectivity index (χ4n) is 3.45. The lowest BCUT2D eigenvalue weighted by molar-refractivity contribution is -0.116. The van der Waals surface area contributed by atoms with Crippen LogP contribution in [0.25, 0.3) is 11.1 Å². The first-order valence-electron chi connectivity index (χ1n) is 10.8. The van der Waals surface area contributed by atoms with Gasteiger partial charge in [0.05, 0.1) is 13.7 Å². The molecule has 0 fully saturated rings. The van der Waals surface area contributed by atoms with Crippen molar-refractivity contribution in [3.8, 4) is 16.9 Å². The zero-order chi connectivity index (χ0) is 24.0. The third kappa shape index (κ3) is 6.20. The SMILES string of the molecule is COC(=O)c1c(NC(=O)CCCOc2ccc(C(C)C)cc2)sc(C)c1-c1ccc(F)cc1. The van der Waals surface area contributed by atoms with Crippen LogP contribution in [0.5, 0.6) is 5.75 Å². The van der Waals surface area contributed by atoms with Gasteiger partial charge < -0.3 is 14.8 Å². The van der Waals surface area contributed by atoms with Gasteiger partial charge in [-0.2, -0.15) is 0 Å². The molecule has 2 aromatic carbocycles. The first-order chi connectivity index (χ1) is 15.8. The number of methoxy groups -OCH3 is 1. The second-order valence-corrected chi connectivity index (χ2v) is 9.18. The fraction of sp³-hybridized carbons (Fsp3) is 0.308. The molecule has 0 aliphatic rings. The maximum Gasteiger partial charge on any atom is 0.341 e. The van der Waals surface area contributed by atoms with Crippen molar-refractivity contribution in [3.05, 3.63) is 70.4 Å². The number of amides is 1. The summed E-state index contributed by atoms with van der Waals surface area (Å²) in [6.07, 6.45) is 0.772. The Hall–Kier alpha value is -3.19. The average molecular weight is 470 g/mol. The van der Waals surface area contributed by atoms with E-state index in [4.69, 9.17) is 9.47 Å². The minimum Gasteiger partial charge on any atom is -0.494 e. The van der Waals surface area contributed by atoms with Crippen LogP contribution in [0, 0.1) is 12.7 Å². The van der Waals surface area contributed by atoms with E-state index >= 15 is 0 Å². The Morgan fingerprint density at radius 3 is 2.33 bits per heavy atom. The van der Waals surface area contributed by atoms with Crippen molar-refractivity contribution in [2.75, 3.05) is 19.0 Å². The molecule has 1 amide bonds. The van der Waals surface area contributed by atoms with Crippen LogP contribution in [0.2, 0.25) is 0 Å². The summed E-state index contributed by atoms with van der Waals surface area (Å²) in [7, 11) is 1.29. The molecular weight excluding hydrogens is 441 g/mol. The van der Waals surface area contributed by atoms with Crippen LogP contribution in [-0.4, -0.2) is 25.6 Å². The molecule has 0 saturated carbocycles. The van der Waals surface area contributed by atoms with Crippen LogP contribution in [0.3, 0.4) is 0 Å². The molecule has 0 saturated heterocycles. The maximum absolute atomic E-state index is 13.4. The molecule has 0 radical (unpaired) electrons. The molecule has 3 aromatic rings. The number of benzene rings is 2. The standard InChI is InChI=1S/C26H28FNO4S/c1-16(2)18-9-13-21(14-10-18)32-15-5-6-22(29)28-25-24(26(30)31-4)23(17(3)33-25)19-7-11-20(27)12-8-19/h7-14,16H,5-6,15H2,1-4H3,(H,28,29). The van der Waals surface area contributed by atoms with Gasteiger partial charge in [0, 0.05) is 16.9 Å². The number of halogens is 1. The number of nitrogens with one attached hydrogen (secondary N) is 1. The Bertz CT molecular complexity index is 1100. The summed E-state index contributed by atoms with van der Waals surface area (Å²) >= 11 is 1.29. The molecule has 1 N–H and O–H groups in total. The first kappa shape index (κ1) is 24.5. The number of anilines is 1. The highest BCUT2D eigenvalue weighted by Gasteiger charge is 2.25. The predicted molar refractivity (Wildman–Crippen MR) is 130 cm³/mol. The first-order valence-corrected chi connectivity index (χ1v) is 11.6. The summed E-state index contributed by atoms with van der Waals surface area (Å²) < 4.78 is 24.0. The molecule has 7 heteroatoms. The zero-order valence-corrected chi connectivity index (χ0v) is 20.1. The Labute approximate surface area is 197 Å². The molecule has 5 nitrogen and oxygen atoms in total. The van der Waals surface area contributed by atoms with E-state index in [2.05, 4.69) is 19.2 Å². The van der Waals surface area contributed by atoms with Crippen molar-refractivity contribution in [3.63, 3.8) is 0 Å². The summed E-state index contributed by atoms with van der Waals surface area (Å²) in [5.41, 5.74) is 2.84. The smallest absolute Gasteiger partial charge is 0.341 e. The van der Waals surface area contributed by atoms with Crippen LogP contribution in [0.4, 0.5) is 9.39 Å². The summed E-state index contributed by atoms with van der Waals surface area (Å²) in [5, 5.41) is 3.26. The van der Waals surface area contributed by atoms with Crippen molar-refractivity contribution in [1.29, 1.82) is 0 Å². The topological polar surface area (TPSA) is 64.6 Å². The number of hydrogen-bond acceptors (Lipinski definition) is 5. The third-order valence-electron chi connectivity index (χ3n) is 5.22. The summed E-state index contributed by atoms with van der Waals surface area (Å²) in [6, 6.07) is 13.8. The van der Waals surface area contributed by atoms with E-state index in [-0.39, 0.29) is 23.7 Å². The van der Waals surface area contributed by atoms with Crippen molar-refractivity contribution in [2.24, 2.45) is 0 Å². The van der Waals surface area contributed by atoms with Gasteiger partial charge in [-0.25, -0.2) is 9.18 Å². The molecule has 0 atom stereocenters. The van der Waals surface area contributed by atoms with Gasteiger partial charge in [-0.1, -0.05) is 38.1 Å². The van der Waals surface area contributed by atoms with Gasteiger partial charge >= 0.3 is 5.97 Å². The van der Waals surface area contributed by atoms with Gasteiger partial charge in [0.2, 0.25) is 5.91 Å². The Kier molecular flexibility index (Phi) is 8.22. The highest BCUT2D eigenvalue weighted by atomic mass is 32.1. The normalized spacial score (nSPS) is 10.8. The maximum atomic E-state index is 13.4. The number of esters is 1. The summed E-state index contributed by atoms with van der Waals surface area (Å²) in [4.78, 5) is 25.9. The fourth-order valence-corrected chi connectivity index (χ4v) is 4.54. The van der Waals surface area contributed by atoms with E-state index in [1.54, 1.807) is 12.1 Å². The van der Waals surface area contributed by atoms with E-state index in [9.17, 15) is 14.0 Å². The molecule has 0 bridgehead atoms. The van der Waals surface area contributed by atoms with Crippen LogP contribution >= 0.6 is 11.3 Å². The van der Waals surface area contributed by atoms with Gasteiger partial charge in [0.15, 0.2) is 0 Å². The van der Waals surface area contributed by atoms with Gasteiger partial charge in [0.1, 0.15) is 22.1 Å². The second kappa shape index (κ2) is 11.1. The summed E-state index contributed by atoms with van der Waals surface area (Å²) in [5.74, 6) is 0.0959. The summed E-state index contributed by atoms with van der Waals surface area (Å²) in [6.45, 7) is 6.53.